The molecule has 3 aromatic carbocycles. The number of carbonyl (C=O) groups excluding carboxylic acids is 1. The number of halogens is 1. The predicted octanol–water partition coefficient (Wildman–Crippen LogP) is 6.66. The van der Waals surface area contributed by atoms with Gasteiger partial charge < -0.3 is 9.64 Å². The number of para-hydroxylation sites is 1. The van der Waals surface area contributed by atoms with Gasteiger partial charge in [-0.25, -0.2) is 0 Å². The van der Waals surface area contributed by atoms with Crippen LogP contribution in [0.2, 0.25) is 5.02 Å². The molecule has 0 spiro atoms. The number of carbonyl (C=O) groups is 1. The number of Topliss-reactive ketones (excluding diaryl/α,β-unsaturated/α-hetero) is 1. The van der Waals surface area contributed by atoms with Gasteiger partial charge in [-0.15, -0.1) is 0 Å². The number of ether oxygens (including phenoxy) is 1. The van der Waals surface area contributed by atoms with Gasteiger partial charge in [-0.1, -0.05) is 54.1 Å². The molecule has 1 aliphatic heterocycles. The Labute approximate surface area is 196 Å². The van der Waals surface area contributed by atoms with Crippen molar-refractivity contribution in [3.63, 3.8) is 0 Å². The summed E-state index contributed by atoms with van der Waals surface area (Å²) in [5, 5.41) is 0.663. The summed E-state index contributed by atoms with van der Waals surface area (Å²) in [7, 11) is 1.69. The van der Waals surface area contributed by atoms with E-state index in [1.54, 1.807) is 19.2 Å². The Bertz CT molecular complexity index is 1040. The number of nitrogens with zero attached hydrogens (tertiary/aromatic N) is 1. The monoisotopic (exact) mass is 446 g/mol. The molecule has 0 atom stereocenters. The minimum atomic E-state index is 0.196. The van der Waals surface area contributed by atoms with Crippen LogP contribution in [0.4, 0.5) is 0 Å². The Balaban J connectivity index is 1.28. The van der Waals surface area contributed by atoms with Crippen molar-refractivity contribution in [3.8, 4) is 16.9 Å². The second-order valence-corrected chi connectivity index (χ2v) is 8.83. The first-order chi connectivity index (χ1) is 15.6. The number of benzene rings is 3. The van der Waals surface area contributed by atoms with E-state index in [2.05, 4.69) is 41.3 Å². The van der Waals surface area contributed by atoms with Gasteiger partial charge in [0.2, 0.25) is 0 Å². The van der Waals surface area contributed by atoms with Crippen molar-refractivity contribution >= 4 is 17.4 Å². The third-order valence-electron chi connectivity index (χ3n) is 6.32. The summed E-state index contributed by atoms with van der Waals surface area (Å²) in [6.07, 6.45) is 3.77. The molecular weight excluding hydrogens is 418 g/mol. The lowest BCUT2D eigenvalue weighted by Gasteiger charge is -2.32. The summed E-state index contributed by atoms with van der Waals surface area (Å²) >= 11 is 5.91. The first kappa shape index (κ1) is 22.6. The molecule has 32 heavy (non-hydrogen) atoms. The molecule has 0 unspecified atom stereocenters. The molecule has 1 heterocycles. The number of hydrogen-bond donors (Lipinski definition) is 0. The van der Waals surface area contributed by atoms with Crippen LogP contribution < -0.4 is 4.74 Å². The standard InChI is InChI=1S/C28H29ClNO2/c1-32-28-10-3-2-8-26(28)24-7-4-6-23(20-24)21-15-18-30(19-16-21)17-5-9-27(31)22-11-13-25(29)14-12-22/h2-4,6-8,11-14,20-21H,5,9,15-19H2,1H3. The Morgan fingerprint density at radius 3 is 2.62 bits per heavy atom. The van der Waals surface area contributed by atoms with Gasteiger partial charge in [0.15, 0.2) is 5.78 Å². The van der Waals surface area contributed by atoms with E-state index in [0.717, 1.165) is 55.8 Å². The minimum Gasteiger partial charge on any atom is -0.495 e. The fourth-order valence-corrected chi connectivity index (χ4v) is 4.64. The van der Waals surface area contributed by atoms with Gasteiger partial charge in [-0.3, -0.25) is 4.79 Å². The summed E-state index contributed by atoms with van der Waals surface area (Å²) in [5.41, 5.74) is 4.41. The van der Waals surface area contributed by atoms with Gasteiger partial charge in [0, 0.05) is 28.6 Å². The molecule has 4 heteroatoms. The minimum absolute atomic E-state index is 0.196. The fraction of sp³-hybridized carbons (Fsp3) is 0.321. The van der Waals surface area contributed by atoms with E-state index in [4.69, 9.17) is 16.3 Å². The first-order valence-corrected chi connectivity index (χ1v) is 11.7. The zero-order valence-corrected chi connectivity index (χ0v) is 19.3. The van der Waals surface area contributed by atoms with Crippen molar-refractivity contribution < 1.29 is 9.53 Å². The molecule has 1 fully saturated rings. The maximum absolute atomic E-state index is 12.4. The number of piperidine rings is 1. The highest BCUT2D eigenvalue weighted by Crippen LogP contribution is 2.34. The summed E-state index contributed by atoms with van der Waals surface area (Å²) < 4.78 is 5.49. The first-order valence-electron chi connectivity index (χ1n) is 11.3. The van der Waals surface area contributed by atoms with E-state index in [1.807, 2.05) is 24.3 Å². The topological polar surface area (TPSA) is 29.5 Å². The van der Waals surface area contributed by atoms with Crippen LogP contribution in [0.25, 0.3) is 11.1 Å². The SMILES string of the molecule is COc1[c]cccc1-c1cccc(C2CCN(CCCC(=O)c3ccc(Cl)cc3)CC2)c1. The van der Waals surface area contributed by atoms with Crippen molar-refractivity contribution in [2.45, 2.75) is 31.6 Å². The largest absolute Gasteiger partial charge is 0.495 e. The lowest BCUT2D eigenvalue weighted by Crippen LogP contribution is -2.33. The van der Waals surface area contributed by atoms with Crippen LogP contribution in [0, 0.1) is 6.07 Å². The number of methoxy groups -OCH3 is 1. The van der Waals surface area contributed by atoms with Gasteiger partial charge in [0.1, 0.15) is 5.75 Å². The predicted molar refractivity (Wildman–Crippen MR) is 131 cm³/mol. The molecule has 165 valence electrons. The molecule has 0 amide bonds. The van der Waals surface area contributed by atoms with Crippen LogP contribution in [0.5, 0.6) is 5.75 Å². The van der Waals surface area contributed by atoms with Crippen LogP contribution in [0.3, 0.4) is 0 Å². The zero-order valence-electron chi connectivity index (χ0n) is 18.5. The van der Waals surface area contributed by atoms with E-state index in [1.165, 1.54) is 11.1 Å². The Hall–Kier alpha value is -2.62. The van der Waals surface area contributed by atoms with Gasteiger partial charge in [0.25, 0.3) is 0 Å². The number of rotatable bonds is 8. The number of ketones is 1. The van der Waals surface area contributed by atoms with Crippen LogP contribution >= 0.6 is 11.6 Å². The molecule has 1 radical (unpaired) electrons. The second-order valence-electron chi connectivity index (χ2n) is 8.39. The molecule has 0 saturated carbocycles. The quantitative estimate of drug-likeness (QED) is 0.362. The maximum Gasteiger partial charge on any atom is 0.162 e. The Morgan fingerprint density at radius 1 is 1.09 bits per heavy atom. The summed E-state index contributed by atoms with van der Waals surface area (Å²) in [5.74, 6) is 1.55. The highest BCUT2D eigenvalue weighted by Gasteiger charge is 2.21. The van der Waals surface area contributed by atoms with Crippen LogP contribution in [0.15, 0.2) is 66.7 Å². The van der Waals surface area contributed by atoms with Crippen LogP contribution in [-0.2, 0) is 0 Å². The van der Waals surface area contributed by atoms with Crippen molar-refractivity contribution in [1.29, 1.82) is 0 Å². The smallest absolute Gasteiger partial charge is 0.162 e. The molecule has 3 nitrogen and oxygen atoms in total. The third-order valence-corrected chi connectivity index (χ3v) is 6.58. The summed E-state index contributed by atoms with van der Waals surface area (Å²) in [6, 6.07) is 25.2. The number of hydrogen-bond acceptors (Lipinski definition) is 3. The lowest BCUT2D eigenvalue weighted by molar-refractivity contribution is 0.0972. The van der Waals surface area contributed by atoms with Crippen molar-refractivity contribution in [1.82, 2.24) is 4.90 Å². The Kier molecular flexibility index (Phi) is 7.62. The molecule has 0 aliphatic carbocycles. The van der Waals surface area contributed by atoms with Crippen molar-refractivity contribution in [2.24, 2.45) is 0 Å². The van der Waals surface area contributed by atoms with Crippen molar-refractivity contribution in [2.75, 3.05) is 26.7 Å². The molecule has 4 rings (SSSR count). The third kappa shape index (κ3) is 5.59. The number of likely N-dealkylation sites (tertiary alicyclic amines) is 1. The van der Waals surface area contributed by atoms with Gasteiger partial charge in [-0.2, -0.15) is 0 Å². The lowest BCUT2D eigenvalue weighted by atomic mass is 9.87. The molecule has 0 N–H and O–H groups in total. The van der Waals surface area contributed by atoms with E-state index < -0.39 is 0 Å². The average molecular weight is 447 g/mol. The van der Waals surface area contributed by atoms with E-state index in [0.29, 0.717) is 17.4 Å². The van der Waals surface area contributed by atoms with Crippen LogP contribution in [-0.4, -0.2) is 37.4 Å². The molecule has 3 aromatic rings. The molecule has 0 aromatic heterocycles. The Morgan fingerprint density at radius 2 is 1.88 bits per heavy atom. The highest BCUT2D eigenvalue weighted by molar-refractivity contribution is 6.30. The highest BCUT2D eigenvalue weighted by atomic mass is 35.5. The van der Waals surface area contributed by atoms with Gasteiger partial charge >= 0.3 is 0 Å². The summed E-state index contributed by atoms with van der Waals surface area (Å²) in [4.78, 5) is 14.8. The zero-order chi connectivity index (χ0) is 22.3. The van der Waals surface area contributed by atoms with Gasteiger partial charge in [0.05, 0.1) is 7.11 Å². The van der Waals surface area contributed by atoms with E-state index in [9.17, 15) is 4.79 Å². The van der Waals surface area contributed by atoms with Crippen LogP contribution in [0.1, 0.15) is 47.5 Å². The summed E-state index contributed by atoms with van der Waals surface area (Å²) in [6.45, 7) is 3.13. The molecule has 1 saturated heterocycles. The van der Waals surface area contributed by atoms with Crippen molar-refractivity contribution in [3.05, 3.63) is 88.9 Å². The molecule has 0 bridgehead atoms. The normalized spacial score (nSPS) is 14.9. The van der Waals surface area contributed by atoms with E-state index >= 15 is 0 Å². The average Bonchev–Trinajstić information content (AvgIpc) is 2.85. The maximum atomic E-state index is 12.4. The molecular formula is C28H29ClNO2. The van der Waals surface area contributed by atoms with E-state index in [-0.39, 0.29) is 5.78 Å². The van der Waals surface area contributed by atoms with Gasteiger partial charge in [-0.05, 0) is 80.2 Å². The fourth-order valence-electron chi connectivity index (χ4n) is 4.51. The second kappa shape index (κ2) is 10.8. The molecule has 1 aliphatic rings.